The zero-order valence-electron chi connectivity index (χ0n) is 17.3. The van der Waals surface area contributed by atoms with E-state index in [0.717, 1.165) is 56.2 Å². The van der Waals surface area contributed by atoms with Crippen molar-refractivity contribution in [1.29, 1.82) is 0 Å². The van der Waals surface area contributed by atoms with Crippen LogP contribution >= 0.6 is 0 Å². The number of nitrogens with one attached hydrogen (secondary N) is 3. The summed E-state index contributed by atoms with van der Waals surface area (Å²) in [5.41, 5.74) is 1.91. The molecule has 152 valence electrons. The Balaban J connectivity index is 2.34. The van der Waals surface area contributed by atoms with Crippen molar-refractivity contribution in [2.24, 2.45) is 10.9 Å². The monoisotopic (exact) mass is 376 g/mol. The molecule has 1 amide bonds. The van der Waals surface area contributed by atoms with Crippen LogP contribution in [0.5, 0.6) is 0 Å². The van der Waals surface area contributed by atoms with Crippen molar-refractivity contribution in [3.63, 3.8) is 0 Å². The number of aliphatic imine (C=N–C) groups is 1. The van der Waals surface area contributed by atoms with Crippen LogP contribution < -0.4 is 16.0 Å². The molecule has 6 heteroatoms. The van der Waals surface area contributed by atoms with Gasteiger partial charge in [0.1, 0.15) is 0 Å². The van der Waals surface area contributed by atoms with Gasteiger partial charge in [-0.2, -0.15) is 0 Å². The van der Waals surface area contributed by atoms with Crippen LogP contribution in [0.25, 0.3) is 0 Å². The van der Waals surface area contributed by atoms with E-state index in [2.05, 4.69) is 27.9 Å². The minimum absolute atomic E-state index is 0.0498. The van der Waals surface area contributed by atoms with Crippen LogP contribution in [-0.4, -0.2) is 38.7 Å². The van der Waals surface area contributed by atoms with Crippen LogP contribution in [0.15, 0.2) is 29.3 Å². The van der Waals surface area contributed by atoms with Gasteiger partial charge in [-0.05, 0) is 36.5 Å². The Bertz CT molecular complexity index is 573. The molecule has 0 fully saturated rings. The van der Waals surface area contributed by atoms with Crippen molar-refractivity contribution in [3.05, 3.63) is 29.8 Å². The van der Waals surface area contributed by atoms with E-state index in [1.807, 2.05) is 38.1 Å². The third-order valence-electron chi connectivity index (χ3n) is 3.89. The van der Waals surface area contributed by atoms with Gasteiger partial charge in [0.2, 0.25) is 5.91 Å². The second kappa shape index (κ2) is 14.0. The number of guanidine groups is 1. The van der Waals surface area contributed by atoms with Gasteiger partial charge >= 0.3 is 0 Å². The summed E-state index contributed by atoms with van der Waals surface area (Å²) in [7, 11) is 1.76. The number of rotatable bonds is 12. The Morgan fingerprint density at radius 2 is 1.96 bits per heavy atom. The molecule has 0 spiro atoms. The van der Waals surface area contributed by atoms with E-state index in [-0.39, 0.29) is 5.91 Å². The first-order valence-electron chi connectivity index (χ1n) is 9.96. The normalized spacial score (nSPS) is 11.5. The van der Waals surface area contributed by atoms with Gasteiger partial charge in [-0.1, -0.05) is 39.3 Å². The lowest BCUT2D eigenvalue weighted by atomic mass is 10.1. The van der Waals surface area contributed by atoms with Crippen LogP contribution in [0, 0.1) is 5.92 Å². The maximum Gasteiger partial charge on any atom is 0.224 e. The first-order valence-corrected chi connectivity index (χ1v) is 9.96. The summed E-state index contributed by atoms with van der Waals surface area (Å²) in [5.74, 6) is 1.16. The SMILES string of the molecule is CCCCOCCCNC(=NC)NCc1cccc(NC(=O)CC(C)C)c1. The number of carbonyl (C=O) groups excluding carboxylic acids is 1. The van der Waals surface area contributed by atoms with Gasteiger partial charge in [-0.25, -0.2) is 0 Å². The second-order valence-electron chi connectivity index (χ2n) is 7.02. The summed E-state index contributed by atoms with van der Waals surface area (Å²) in [6.45, 7) is 9.30. The molecule has 0 radical (unpaired) electrons. The molecule has 1 aromatic carbocycles. The van der Waals surface area contributed by atoms with Crippen LogP contribution in [0.3, 0.4) is 0 Å². The quantitative estimate of drug-likeness (QED) is 0.296. The molecule has 27 heavy (non-hydrogen) atoms. The number of anilines is 1. The lowest BCUT2D eigenvalue weighted by Gasteiger charge is -2.13. The van der Waals surface area contributed by atoms with Gasteiger partial charge in [0, 0.05) is 45.5 Å². The Morgan fingerprint density at radius 3 is 2.67 bits per heavy atom. The Labute approximate surface area is 164 Å². The molecule has 0 saturated carbocycles. The van der Waals surface area contributed by atoms with Crippen LogP contribution in [0.2, 0.25) is 0 Å². The number of amides is 1. The summed E-state index contributed by atoms with van der Waals surface area (Å²) < 4.78 is 5.55. The molecule has 3 N–H and O–H groups in total. The van der Waals surface area contributed by atoms with Crippen molar-refractivity contribution >= 4 is 17.6 Å². The maximum atomic E-state index is 11.9. The summed E-state index contributed by atoms with van der Waals surface area (Å²) >= 11 is 0. The minimum Gasteiger partial charge on any atom is -0.381 e. The Hall–Kier alpha value is -2.08. The van der Waals surface area contributed by atoms with E-state index in [1.54, 1.807) is 7.05 Å². The molecule has 0 atom stereocenters. The standard InChI is InChI=1S/C21H36N4O2/c1-5-6-12-27-13-8-11-23-21(22-4)24-16-18-9-7-10-19(15-18)25-20(26)14-17(2)3/h7,9-10,15,17H,5-6,8,11-14,16H2,1-4H3,(H,25,26)(H2,22,23,24). The van der Waals surface area contributed by atoms with Gasteiger partial charge < -0.3 is 20.7 Å². The topological polar surface area (TPSA) is 74.8 Å². The highest BCUT2D eigenvalue weighted by atomic mass is 16.5. The summed E-state index contributed by atoms with van der Waals surface area (Å²) in [5, 5.41) is 9.53. The number of unbranched alkanes of at least 4 members (excludes halogenated alkanes) is 1. The molecule has 0 heterocycles. The molecular formula is C21H36N4O2. The van der Waals surface area contributed by atoms with Crippen molar-refractivity contribution in [2.75, 3.05) is 32.1 Å². The van der Waals surface area contributed by atoms with Crippen LogP contribution in [0.1, 0.15) is 52.0 Å². The van der Waals surface area contributed by atoms with Gasteiger partial charge in [-0.3, -0.25) is 9.79 Å². The molecule has 0 aliphatic carbocycles. The van der Waals surface area contributed by atoms with Crippen molar-refractivity contribution < 1.29 is 9.53 Å². The smallest absolute Gasteiger partial charge is 0.224 e. The van der Waals surface area contributed by atoms with Crippen LogP contribution in [0.4, 0.5) is 5.69 Å². The molecule has 0 aliphatic heterocycles. The number of benzene rings is 1. The predicted octanol–water partition coefficient (Wildman–Crippen LogP) is 3.54. The third-order valence-corrected chi connectivity index (χ3v) is 3.89. The lowest BCUT2D eigenvalue weighted by molar-refractivity contribution is -0.116. The number of nitrogens with zero attached hydrogens (tertiary/aromatic N) is 1. The first-order chi connectivity index (χ1) is 13.0. The fraction of sp³-hybridized carbons (Fsp3) is 0.619. The van der Waals surface area contributed by atoms with E-state index in [0.29, 0.717) is 18.9 Å². The van der Waals surface area contributed by atoms with Crippen LogP contribution in [-0.2, 0) is 16.1 Å². The molecule has 0 aromatic heterocycles. The average Bonchev–Trinajstić information content (AvgIpc) is 2.63. The minimum atomic E-state index is 0.0498. The van der Waals surface area contributed by atoms with E-state index in [4.69, 9.17) is 4.74 Å². The molecule has 0 unspecified atom stereocenters. The largest absolute Gasteiger partial charge is 0.381 e. The predicted molar refractivity (Wildman–Crippen MR) is 113 cm³/mol. The highest BCUT2D eigenvalue weighted by Gasteiger charge is 2.06. The number of carbonyl (C=O) groups is 1. The molecule has 0 bridgehead atoms. The number of hydrogen-bond acceptors (Lipinski definition) is 3. The zero-order chi connectivity index (χ0) is 19.9. The number of hydrogen-bond donors (Lipinski definition) is 3. The van der Waals surface area contributed by atoms with Crippen molar-refractivity contribution in [1.82, 2.24) is 10.6 Å². The first kappa shape index (κ1) is 23.0. The molecule has 6 nitrogen and oxygen atoms in total. The third kappa shape index (κ3) is 11.3. The fourth-order valence-electron chi connectivity index (χ4n) is 2.48. The fourth-order valence-corrected chi connectivity index (χ4v) is 2.48. The van der Waals surface area contributed by atoms with Crippen molar-refractivity contribution in [3.8, 4) is 0 Å². The zero-order valence-corrected chi connectivity index (χ0v) is 17.3. The second-order valence-corrected chi connectivity index (χ2v) is 7.02. The van der Waals surface area contributed by atoms with E-state index in [9.17, 15) is 4.79 Å². The highest BCUT2D eigenvalue weighted by molar-refractivity contribution is 5.90. The van der Waals surface area contributed by atoms with E-state index in [1.165, 1.54) is 0 Å². The van der Waals surface area contributed by atoms with E-state index >= 15 is 0 Å². The lowest BCUT2D eigenvalue weighted by Crippen LogP contribution is -2.37. The maximum absolute atomic E-state index is 11.9. The summed E-state index contributed by atoms with van der Waals surface area (Å²) in [6, 6.07) is 7.87. The van der Waals surface area contributed by atoms with Crippen molar-refractivity contribution in [2.45, 2.75) is 53.0 Å². The average molecular weight is 377 g/mol. The molecule has 0 aliphatic rings. The van der Waals surface area contributed by atoms with E-state index < -0.39 is 0 Å². The molecule has 1 aromatic rings. The van der Waals surface area contributed by atoms with Gasteiger partial charge in [0.05, 0.1) is 0 Å². The summed E-state index contributed by atoms with van der Waals surface area (Å²) in [4.78, 5) is 16.1. The highest BCUT2D eigenvalue weighted by Crippen LogP contribution is 2.12. The molecule has 1 rings (SSSR count). The van der Waals surface area contributed by atoms with Gasteiger partial charge in [0.15, 0.2) is 5.96 Å². The Morgan fingerprint density at radius 1 is 1.19 bits per heavy atom. The number of ether oxygens (including phenoxy) is 1. The summed E-state index contributed by atoms with van der Waals surface area (Å²) in [6.07, 6.45) is 3.76. The van der Waals surface area contributed by atoms with Gasteiger partial charge in [-0.15, -0.1) is 0 Å². The Kier molecular flexibility index (Phi) is 11.9. The molecule has 0 saturated heterocycles. The molecular weight excluding hydrogens is 340 g/mol. The van der Waals surface area contributed by atoms with Gasteiger partial charge in [0.25, 0.3) is 0 Å².